The van der Waals surface area contributed by atoms with Gasteiger partial charge in [-0.1, -0.05) is 0 Å². The molecule has 0 aliphatic carbocycles. The largest absolute Gasteiger partial charge is 0.373 e. The minimum Gasteiger partial charge on any atom is -0.373 e. The van der Waals surface area contributed by atoms with Crippen LogP contribution in [0.25, 0.3) is 0 Å². The molecule has 19 heavy (non-hydrogen) atoms. The van der Waals surface area contributed by atoms with Gasteiger partial charge in [-0.3, -0.25) is 4.79 Å². The van der Waals surface area contributed by atoms with Gasteiger partial charge < -0.3 is 10.6 Å². The van der Waals surface area contributed by atoms with Crippen molar-refractivity contribution in [3.63, 3.8) is 0 Å². The lowest BCUT2D eigenvalue weighted by molar-refractivity contribution is -0.122. The lowest BCUT2D eigenvalue weighted by Gasteiger charge is -2.13. The maximum absolute atomic E-state index is 12.0. The third kappa shape index (κ3) is 4.18. The first-order chi connectivity index (χ1) is 8.90. The zero-order valence-electron chi connectivity index (χ0n) is 11.1. The van der Waals surface area contributed by atoms with E-state index in [1.807, 2.05) is 0 Å². The van der Waals surface area contributed by atoms with Crippen molar-refractivity contribution < 1.29 is 13.2 Å². The number of nitrogens with zero attached hydrogens (tertiary/aromatic N) is 1. The summed E-state index contributed by atoms with van der Waals surface area (Å²) >= 11 is 0. The summed E-state index contributed by atoms with van der Waals surface area (Å²) in [5.74, 6) is 0.196. The van der Waals surface area contributed by atoms with Gasteiger partial charge in [0.15, 0.2) is 0 Å². The highest BCUT2D eigenvalue weighted by atomic mass is 32.2. The molecule has 0 spiro atoms. The molecule has 1 rings (SSSR count). The van der Waals surface area contributed by atoms with Gasteiger partial charge in [0.2, 0.25) is 15.9 Å². The zero-order valence-corrected chi connectivity index (χ0v) is 11.9. The highest BCUT2D eigenvalue weighted by molar-refractivity contribution is 7.89. The van der Waals surface area contributed by atoms with E-state index in [0.717, 1.165) is 0 Å². The van der Waals surface area contributed by atoms with E-state index in [4.69, 9.17) is 0 Å². The van der Waals surface area contributed by atoms with Crippen molar-refractivity contribution in [2.75, 3.05) is 18.9 Å². The van der Waals surface area contributed by atoms with Crippen molar-refractivity contribution in [2.45, 2.75) is 24.8 Å². The van der Waals surface area contributed by atoms with Gasteiger partial charge >= 0.3 is 0 Å². The van der Waals surface area contributed by atoms with Gasteiger partial charge in [0.1, 0.15) is 10.7 Å². The van der Waals surface area contributed by atoms with Crippen LogP contribution in [0.4, 0.5) is 5.82 Å². The summed E-state index contributed by atoms with van der Waals surface area (Å²) in [5.41, 5.74) is 0. The standard InChI is InChI=1S/C11H18N4O3S/c1-4-13-11(16)8(2)15-19(17,18)9-5-6-10(12-3)14-7-9/h5-8,15H,4H2,1-3H3,(H,12,14)(H,13,16). The second-order valence-electron chi connectivity index (χ2n) is 3.87. The molecule has 0 saturated carbocycles. The van der Waals surface area contributed by atoms with Crippen LogP contribution in [0.1, 0.15) is 13.8 Å². The molecule has 1 unspecified atom stereocenters. The zero-order chi connectivity index (χ0) is 14.5. The van der Waals surface area contributed by atoms with E-state index in [9.17, 15) is 13.2 Å². The average Bonchev–Trinajstić information content (AvgIpc) is 2.38. The second kappa shape index (κ2) is 6.48. The minimum atomic E-state index is -3.75. The number of hydrogen-bond donors (Lipinski definition) is 3. The molecule has 0 fully saturated rings. The normalized spacial score (nSPS) is 12.8. The third-order valence-corrected chi connectivity index (χ3v) is 3.90. The maximum atomic E-state index is 12.0. The molecule has 1 heterocycles. The Morgan fingerprint density at radius 1 is 1.42 bits per heavy atom. The first kappa shape index (κ1) is 15.4. The smallest absolute Gasteiger partial charge is 0.242 e. The predicted octanol–water partition coefficient (Wildman–Crippen LogP) is -0.0738. The predicted molar refractivity (Wildman–Crippen MR) is 72.3 cm³/mol. The molecule has 1 aromatic rings. The van der Waals surface area contributed by atoms with Crippen LogP contribution in [0, 0.1) is 0 Å². The Labute approximate surface area is 112 Å². The molecular weight excluding hydrogens is 268 g/mol. The first-order valence-electron chi connectivity index (χ1n) is 5.84. The Balaban J connectivity index is 2.82. The van der Waals surface area contributed by atoms with Crippen molar-refractivity contribution in [3.8, 4) is 0 Å². The van der Waals surface area contributed by atoms with Crippen molar-refractivity contribution in [1.82, 2.24) is 15.0 Å². The van der Waals surface area contributed by atoms with E-state index in [1.54, 1.807) is 20.0 Å². The molecule has 0 aromatic carbocycles. The number of rotatable bonds is 6. The van der Waals surface area contributed by atoms with Crippen molar-refractivity contribution in [1.29, 1.82) is 0 Å². The number of carbonyl (C=O) groups excluding carboxylic acids is 1. The molecule has 106 valence electrons. The summed E-state index contributed by atoms with van der Waals surface area (Å²) < 4.78 is 26.3. The van der Waals surface area contributed by atoms with Crippen LogP contribution in [0.5, 0.6) is 0 Å². The number of anilines is 1. The number of amides is 1. The summed E-state index contributed by atoms with van der Waals surface area (Å²) in [4.78, 5) is 15.4. The highest BCUT2D eigenvalue weighted by Gasteiger charge is 2.21. The van der Waals surface area contributed by atoms with Crippen LogP contribution in [-0.2, 0) is 14.8 Å². The molecule has 0 aliphatic rings. The second-order valence-corrected chi connectivity index (χ2v) is 5.58. The molecule has 0 saturated heterocycles. The van der Waals surface area contributed by atoms with E-state index >= 15 is 0 Å². The van der Waals surface area contributed by atoms with Gasteiger partial charge in [0.05, 0.1) is 6.04 Å². The molecule has 1 atom stereocenters. The van der Waals surface area contributed by atoms with Crippen LogP contribution in [0.3, 0.4) is 0 Å². The highest BCUT2D eigenvalue weighted by Crippen LogP contribution is 2.10. The van der Waals surface area contributed by atoms with E-state index in [2.05, 4.69) is 20.3 Å². The van der Waals surface area contributed by atoms with Gasteiger partial charge in [-0.2, -0.15) is 4.72 Å². The number of sulfonamides is 1. The van der Waals surface area contributed by atoms with Crippen molar-refractivity contribution >= 4 is 21.7 Å². The quantitative estimate of drug-likeness (QED) is 0.679. The molecule has 1 amide bonds. The Kier molecular flexibility index (Phi) is 5.25. The van der Waals surface area contributed by atoms with Gasteiger partial charge in [-0.15, -0.1) is 0 Å². The summed E-state index contributed by atoms with van der Waals surface area (Å²) in [6, 6.07) is 2.13. The fourth-order valence-corrected chi connectivity index (χ4v) is 2.52. The summed E-state index contributed by atoms with van der Waals surface area (Å²) in [6.07, 6.45) is 1.23. The number of likely N-dealkylation sites (N-methyl/N-ethyl adjacent to an activating group) is 1. The van der Waals surface area contributed by atoms with E-state index in [1.165, 1.54) is 19.2 Å². The number of aromatic nitrogens is 1. The van der Waals surface area contributed by atoms with E-state index < -0.39 is 16.1 Å². The minimum absolute atomic E-state index is 0.0163. The number of carbonyl (C=O) groups is 1. The van der Waals surface area contributed by atoms with E-state index in [0.29, 0.717) is 12.4 Å². The fraction of sp³-hybridized carbons (Fsp3) is 0.455. The van der Waals surface area contributed by atoms with Crippen molar-refractivity contribution in [2.24, 2.45) is 0 Å². The molecular formula is C11H18N4O3S. The first-order valence-corrected chi connectivity index (χ1v) is 7.33. The van der Waals surface area contributed by atoms with E-state index in [-0.39, 0.29) is 10.8 Å². The number of nitrogens with one attached hydrogen (secondary N) is 3. The summed E-state index contributed by atoms with van der Waals surface area (Å²) in [7, 11) is -2.06. The third-order valence-electron chi connectivity index (χ3n) is 2.38. The molecule has 0 bridgehead atoms. The number of hydrogen-bond acceptors (Lipinski definition) is 5. The molecule has 8 heteroatoms. The van der Waals surface area contributed by atoms with Gasteiger partial charge in [0.25, 0.3) is 0 Å². The van der Waals surface area contributed by atoms with Gasteiger partial charge in [-0.05, 0) is 26.0 Å². The Morgan fingerprint density at radius 3 is 2.58 bits per heavy atom. The molecule has 7 nitrogen and oxygen atoms in total. The fourth-order valence-electron chi connectivity index (χ4n) is 1.37. The summed E-state index contributed by atoms with van der Waals surface area (Å²) in [5, 5.41) is 5.34. The SMILES string of the molecule is CCNC(=O)C(C)NS(=O)(=O)c1ccc(NC)nc1. The average molecular weight is 286 g/mol. The topological polar surface area (TPSA) is 100 Å². The Hall–Kier alpha value is -1.67. The monoisotopic (exact) mass is 286 g/mol. The van der Waals surface area contributed by atoms with Crippen LogP contribution in [0.2, 0.25) is 0 Å². The molecule has 1 aromatic heterocycles. The Morgan fingerprint density at radius 2 is 2.11 bits per heavy atom. The van der Waals surface area contributed by atoms with Crippen LogP contribution >= 0.6 is 0 Å². The van der Waals surface area contributed by atoms with Crippen molar-refractivity contribution in [3.05, 3.63) is 18.3 Å². The maximum Gasteiger partial charge on any atom is 0.242 e. The van der Waals surface area contributed by atoms with Crippen LogP contribution < -0.4 is 15.4 Å². The van der Waals surface area contributed by atoms with Crippen LogP contribution in [-0.4, -0.2) is 38.9 Å². The van der Waals surface area contributed by atoms with Gasteiger partial charge in [0, 0.05) is 19.8 Å². The number of pyridine rings is 1. The van der Waals surface area contributed by atoms with Gasteiger partial charge in [-0.25, -0.2) is 13.4 Å². The molecule has 0 aliphatic heterocycles. The molecule has 0 radical (unpaired) electrons. The lowest BCUT2D eigenvalue weighted by Crippen LogP contribution is -2.44. The lowest BCUT2D eigenvalue weighted by atomic mass is 10.3. The van der Waals surface area contributed by atoms with Crippen LogP contribution in [0.15, 0.2) is 23.2 Å². The summed E-state index contributed by atoms with van der Waals surface area (Å²) in [6.45, 7) is 3.70. The Bertz CT molecular complexity index is 527. The molecule has 3 N–H and O–H groups in total.